The number of hydrogen-bond donors (Lipinski definition) is 1. The molecule has 1 saturated heterocycles. The first kappa shape index (κ1) is 20.5. The lowest BCUT2D eigenvalue weighted by atomic mass is 10.1. The van der Waals surface area contributed by atoms with Crippen molar-refractivity contribution >= 4 is 35.6 Å². The third-order valence-electron chi connectivity index (χ3n) is 4.69. The van der Waals surface area contributed by atoms with Crippen molar-refractivity contribution in [3.63, 3.8) is 0 Å². The summed E-state index contributed by atoms with van der Waals surface area (Å²) >= 11 is 11.2. The van der Waals surface area contributed by atoms with E-state index in [1.807, 2.05) is 6.92 Å². The molecule has 0 atom stereocenters. The number of aromatic amines is 1. The van der Waals surface area contributed by atoms with Crippen LogP contribution in [0.2, 0.25) is 5.02 Å². The van der Waals surface area contributed by atoms with Gasteiger partial charge in [0.05, 0.1) is 10.6 Å². The van der Waals surface area contributed by atoms with E-state index in [9.17, 15) is 14.0 Å². The normalized spacial score (nSPS) is 14.4. The van der Waals surface area contributed by atoms with E-state index in [0.717, 1.165) is 24.7 Å². The van der Waals surface area contributed by atoms with Gasteiger partial charge in [-0.05, 0) is 36.8 Å². The average Bonchev–Trinajstić information content (AvgIpc) is 3.01. The third-order valence-corrected chi connectivity index (χ3v) is 5.31. The Balaban J connectivity index is 1.60. The van der Waals surface area contributed by atoms with Gasteiger partial charge in [0.25, 0.3) is 5.91 Å². The maximum Gasteiger partial charge on any atom is 0.255 e. The zero-order chi connectivity index (χ0) is 20.3. The summed E-state index contributed by atoms with van der Waals surface area (Å²) in [5, 5.41) is 6.99. The van der Waals surface area contributed by atoms with Crippen molar-refractivity contribution in [2.45, 2.75) is 26.3 Å². The summed E-state index contributed by atoms with van der Waals surface area (Å²) in [5.41, 5.74) is 0.261. The van der Waals surface area contributed by atoms with E-state index >= 15 is 0 Å². The number of H-pyrrole nitrogens is 1. The molecule has 7 nitrogen and oxygen atoms in total. The van der Waals surface area contributed by atoms with Crippen LogP contribution in [0.1, 0.15) is 29.5 Å². The van der Waals surface area contributed by atoms with Gasteiger partial charge in [0.15, 0.2) is 4.77 Å². The van der Waals surface area contributed by atoms with Gasteiger partial charge in [-0.2, -0.15) is 5.10 Å². The predicted molar refractivity (Wildman–Crippen MR) is 105 cm³/mol. The molecule has 0 spiro atoms. The number of piperazine rings is 1. The van der Waals surface area contributed by atoms with Gasteiger partial charge in [0.2, 0.25) is 5.91 Å². The minimum Gasteiger partial charge on any atom is -0.338 e. The third kappa shape index (κ3) is 4.41. The average molecular weight is 426 g/mol. The molecule has 2 aromatic rings. The van der Waals surface area contributed by atoms with Crippen LogP contribution in [0.4, 0.5) is 4.39 Å². The first-order chi connectivity index (χ1) is 13.4. The first-order valence-electron chi connectivity index (χ1n) is 9.07. The van der Waals surface area contributed by atoms with Gasteiger partial charge in [-0.1, -0.05) is 18.5 Å². The van der Waals surface area contributed by atoms with Crippen LogP contribution in [0.3, 0.4) is 0 Å². The molecule has 1 aromatic carbocycles. The number of carbonyl (C=O) groups is 2. The van der Waals surface area contributed by atoms with Gasteiger partial charge in [-0.15, -0.1) is 0 Å². The number of carbonyl (C=O) groups excluding carboxylic acids is 2. The summed E-state index contributed by atoms with van der Waals surface area (Å²) in [7, 11) is 0. The van der Waals surface area contributed by atoms with Crippen molar-refractivity contribution in [2.75, 3.05) is 26.2 Å². The maximum absolute atomic E-state index is 13.2. The van der Waals surface area contributed by atoms with Crippen LogP contribution in [0.5, 0.6) is 0 Å². The Hall–Kier alpha value is -2.26. The van der Waals surface area contributed by atoms with Crippen LogP contribution in [-0.4, -0.2) is 62.6 Å². The number of rotatable bonds is 5. The molecule has 1 fully saturated rings. The highest BCUT2D eigenvalue weighted by Gasteiger charge is 2.26. The van der Waals surface area contributed by atoms with Crippen LogP contribution < -0.4 is 0 Å². The highest BCUT2D eigenvalue weighted by Crippen LogP contribution is 2.20. The molecule has 0 radical (unpaired) electrons. The van der Waals surface area contributed by atoms with Crippen LogP contribution in [0, 0.1) is 10.6 Å². The minimum atomic E-state index is -0.489. The fraction of sp³-hybridized carbons (Fsp3) is 0.444. The zero-order valence-electron chi connectivity index (χ0n) is 15.5. The van der Waals surface area contributed by atoms with Gasteiger partial charge >= 0.3 is 0 Å². The summed E-state index contributed by atoms with van der Waals surface area (Å²) in [4.78, 5) is 28.6. The number of nitrogens with one attached hydrogen (secondary N) is 1. The van der Waals surface area contributed by atoms with Gasteiger partial charge < -0.3 is 9.80 Å². The molecule has 150 valence electrons. The number of benzene rings is 1. The van der Waals surface area contributed by atoms with E-state index in [0.29, 0.717) is 31.0 Å². The fourth-order valence-electron chi connectivity index (χ4n) is 3.16. The molecule has 28 heavy (non-hydrogen) atoms. The molecule has 3 rings (SSSR count). The van der Waals surface area contributed by atoms with E-state index in [4.69, 9.17) is 23.8 Å². The lowest BCUT2D eigenvalue weighted by Gasteiger charge is -2.35. The number of halogens is 2. The molecule has 2 amide bonds. The van der Waals surface area contributed by atoms with Gasteiger partial charge in [-0.3, -0.25) is 19.3 Å². The SMILES string of the molecule is CCCc1n[nH]c(=S)n1CC(=O)N1CCN(C(=O)c2ccc(F)cc2Cl)CC1. The standard InChI is InChI=1S/C18H21ClFN5O2S/c1-2-3-15-21-22-18(28)25(15)11-16(26)23-6-8-24(9-7-23)17(27)13-5-4-12(20)10-14(13)19/h4-5,10H,2-3,6-9,11H2,1H3,(H,22,28). The molecule has 1 N–H and O–H groups in total. The molecular weight excluding hydrogens is 405 g/mol. The van der Waals surface area contributed by atoms with Crippen molar-refractivity contribution in [1.82, 2.24) is 24.6 Å². The number of nitrogens with zero attached hydrogens (tertiary/aromatic N) is 4. The van der Waals surface area contributed by atoms with Gasteiger partial charge in [-0.25, -0.2) is 4.39 Å². The maximum atomic E-state index is 13.2. The lowest BCUT2D eigenvalue weighted by Crippen LogP contribution is -2.51. The molecule has 0 saturated carbocycles. The summed E-state index contributed by atoms with van der Waals surface area (Å²) < 4.78 is 15.3. The number of aryl methyl sites for hydroxylation is 1. The minimum absolute atomic E-state index is 0.0678. The van der Waals surface area contributed by atoms with Crippen LogP contribution >= 0.6 is 23.8 Å². The summed E-state index contributed by atoms with van der Waals surface area (Å²) in [6.07, 6.45) is 1.64. The van der Waals surface area contributed by atoms with Crippen molar-refractivity contribution in [2.24, 2.45) is 0 Å². The summed E-state index contributed by atoms with van der Waals surface area (Å²) in [6.45, 7) is 3.76. The van der Waals surface area contributed by atoms with E-state index in [-0.39, 0.29) is 28.9 Å². The predicted octanol–water partition coefficient (Wildman–Crippen LogP) is 2.67. The number of amides is 2. The van der Waals surface area contributed by atoms with Crippen LogP contribution in [0.25, 0.3) is 0 Å². The fourth-order valence-corrected chi connectivity index (χ4v) is 3.62. The molecule has 0 bridgehead atoms. The Bertz CT molecular complexity index is 936. The van der Waals surface area contributed by atoms with Crippen LogP contribution in [-0.2, 0) is 17.8 Å². The number of aromatic nitrogens is 3. The largest absolute Gasteiger partial charge is 0.338 e. The molecule has 0 aliphatic carbocycles. The van der Waals surface area contributed by atoms with Crippen molar-refractivity contribution in [3.05, 3.63) is 45.2 Å². The highest BCUT2D eigenvalue weighted by atomic mass is 35.5. The summed E-state index contributed by atoms with van der Waals surface area (Å²) in [5.74, 6) is -0.0565. The number of hydrogen-bond acceptors (Lipinski definition) is 4. The Morgan fingerprint density at radius 2 is 1.93 bits per heavy atom. The van der Waals surface area contributed by atoms with Crippen molar-refractivity contribution in [1.29, 1.82) is 0 Å². The molecule has 1 aromatic heterocycles. The Morgan fingerprint density at radius 3 is 2.57 bits per heavy atom. The smallest absolute Gasteiger partial charge is 0.255 e. The van der Waals surface area contributed by atoms with Gasteiger partial charge in [0.1, 0.15) is 18.2 Å². The lowest BCUT2D eigenvalue weighted by molar-refractivity contribution is -0.133. The second-order valence-electron chi connectivity index (χ2n) is 6.58. The topological polar surface area (TPSA) is 74.2 Å². The van der Waals surface area contributed by atoms with Gasteiger partial charge in [0, 0.05) is 32.6 Å². The zero-order valence-corrected chi connectivity index (χ0v) is 17.0. The van der Waals surface area contributed by atoms with E-state index in [1.165, 1.54) is 12.1 Å². The quantitative estimate of drug-likeness (QED) is 0.747. The molecule has 10 heteroatoms. The van der Waals surface area contributed by atoms with Crippen LogP contribution in [0.15, 0.2) is 18.2 Å². The van der Waals surface area contributed by atoms with E-state index in [2.05, 4.69) is 10.2 Å². The van der Waals surface area contributed by atoms with E-state index < -0.39 is 5.82 Å². The molecule has 0 unspecified atom stereocenters. The van der Waals surface area contributed by atoms with E-state index in [1.54, 1.807) is 14.4 Å². The molecular formula is C18H21ClFN5O2S. The van der Waals surface area contributed by atoms with Crippen molar-refractivity contribution < 1.29 is 14.0 Å². The molecule has 2 heterocycles. The highest BCUT2D eigenvalue weighted by molar-refractivity contribution is 7.71. The first-order valence-corrected chi connectivity index (χ1v) is 9.85. The Morgan fingerprint density at radius 1 is 1.25 bits per heavy atom. The second kappa shape index (κ2) is 8.83. The summed E-state index contributed by atoms with van der Waals surface area (Å²) in [6, 6.07) is 3.71. The Labute approximate surface area is 172 Å². The Kier molecular flexibility index (Phi) is 6.46. The second-order valence-corrected chi connectivity index (χ2v) is 7.37. The molecule has 1 aliphatic heterocycles. The monoisotopic (exact) mass is 425 g/mol. The van der Waals surface area contributed by atoms with Crippen molar-refractivity contribution in [3.8, 4) is 0 Å². The molecule has 1 aliphatic rings.